The first-order chi connectivity index (χ1) is 7.46. The van der Waals surface area contributed by atoms with E-state index in [2.05, 4.69) is 32.9 Å². The lowest BCUT2D eigenvalue weighted by molar-refractivity contribution is -0.121. The number of carbonyl (C=O) groups excluding carboxylic acids is 1. The number of hydrogen-bond donors (Lipinski definition) is 0. The van der Waals surface area contributed by atoms with Gasteiger partial charge in [-0.2, -0.15) is 0 Å². The van der Waals surface area contributed by atoms with Crippen LogP contribution < -0.4 is 0 Å². The fourth-order valence-electron chi connectivity index (χ4n) is 1.91. The molecule has 0 spiro atoms. The monoisotopic (exact) mass is 220 g/mol. The predicted molar refractivity (Wildman–Crippen MR) is 69.4 cm³/mol. The Kier molecular flexibility index (Phi) is 4.52. The van der Waals surface area contributed by atoms with Gasteiger partial charge in [-0.25, -0.2) is 0 Å². The minimum atomic E-state index is 0.0395. The van der Waals surface area contributed by atoms with Crippen LogP contribution >= 0.6 is 0 Å². The lowest BCUT2D eigenvalue weighted by atomic mass is 9.96. The molecular weight excluding hydrogens is 196 g/mol. The molecule has 1 rings (SSSR count). The summed E-state index contributed by atoms with van der Waals surface area (Å²) >= 11 is 0. The first-order valence-electron chi connectivity index (χ1n) is 6.26. The highest BCUT2D eigenvalue weighted by Gasteiger charge is 2.45. The average Bonchev–Trinajstić information content (AvgIpc) is 2.95. The Morgan fingerprint density at radius 2 is 1.75 bits per heavy atom. The average molecular weight is 220 g/mol. The van der Waals surface area contributed by atoms with Crippen LogP contribution in [0, 0.1) is 5.41 Å². The van der Waals surface area contributed by atoms with Crippen molar-refractivity contribution in [3.05, 3.63) is 23.3 Å². The van der Waals surface area contributed by atoms with E-state index in [0.717, 1.165) is 32.1 Å². The van der Waals surface area contributed by atoms with Gasteiger partial charge >= 0.3 is 0 Å². The number of ketones is 1. The maximum absolute atomic E-state index is 11.4. The van der Waals surface area contributed by atoms with Gasteiger partial charge in [0.2, 0.25) is 0 Å². The van der Waals surface area contributed by atoms with Crippen LogP contribution in [0.3, 0.4) is 0 Å². The molecule has 1 aliphatic carbocycles. The van der Waals surface area contributed by atoms with Crippen molar-refractivity contribution in [3.8, 4) is 0 Å². The summed E-state index contributed by atoms with van der Waals surface area (Å²) in [5.41, 5.74) is 2.85. The van der Waals surface area contributed by atoms with Crippen LogP contribution in [0.4, 0.5) is 0 Å². The molecule has 90 valence electrons. The summed E-state index contributed by atoms with van der Waals surface area (Å²) in [7, 11) is 0. The molecule has 0 unspecified atom stereocenters. The summed E-state index contributed by atoms with van der Waals surface area (Å²) in [6.45, 7) is 8.18. The largest absolute Gasteiger partial charge is 0.299 e. The molecule has 0 heterocycles. The van der Waals surface area contributed by atoms with Crippen molar-refractivity contribution >= 4 is 5.78 Å². The van der Waals surface area contributed by atoms with Gasteiger partial charge in [-0.15, -0.1) is 0 Å². The van der Waals surface area contributed by atoms with Crippen LogP contribution in [0.5, 0.6) is 0 Å². The summed E-state index contributed by atoms with van der Waals surface area (Å²) in [6.07, 6.45) is 9.95. The molecule has 0 aromatic rings. The minimum absolute atomic E-state index is 0.0395. The van der Waals surface area contributed by atoms with E-state index in [1.165, 1.54) is 11.1 Å². The first-order valence-corrected chi connectivity index (χ1v) is 6.26. The Bertz CT molecular complexity index is 312. The van der Waals surface area contributed by atoms with Gasteiger partial charge in [-0.1, -0.05) is 23.3 Å². The summed E-state index contributed by atoms with van der Waals surface area (Å²) in [6, 6.07) is 0. The Balaban J connectivity index is 2.34. The molecule has 1 saturated carbocycles. The van der Waals surface area contributed by atoms with Gasteiger partial charge in [-0.05, 0) is 59.8 Å². The molecule has 1 nitrogen and oxygen atoms in total. The molecule has 0 saturated heterocycles. The molecule has 0 amide bonds. The van der Waals surface area contributed by atoms with Gasteiger partial charge in [0.05, 0.1) is 0 Å². The third-order valence-electron chi connectivity index (χ3n) is 3.53. The van der Waals surface area contributed by atoms with Crippen LogP contribution in [0.1, 0.15) is 59.8 Å². The molecule has 0 N–H and O–H groups in total. The fourth-order valence-corrected chi connectivity index (χ4v) is 1.91. The second-order valence-electron chi connectivity index (χ2n) is 5.41. The Labute approximate surface area is 99.6 Å². The zero-order valence-electron chi connectivity index (χ0n) is 11.1. The van der Waals surface area contributed by atoms with E-state index in [1.807, 2.05) is 0 Å². The SMILES string of the molecule is CC(=O)C1(CC=C(C)CCC=C(C)C)CC1. The van der Waals surface area contributed by atoms with Crippen molar-refractivity contribution in [1.29, 1.82) is 0 Å². The topological polar surface area (TPSA) is 17.1 Å². The number of Topliss-reactive ketones (excluding diaryl/α,β-unsaturated/α-hetero) is 1. The third kappa shape index (κ3) is 3.96. The molecular formula is C15H24O. The van der Waals surface area contributed by atoms with Gasteiger partial charge < -0.3 is 0 Å². The smallest absolute Gasteiger partial charge is 0.136 e. The molecule has 1 aliphatic rings. The van der Waals surface area contributed by atoms with Crippen molar-refractivity contribution < 1.29 is 4.79 Å². The molecule has 0 aliphatic heterocycles. The third-order valence-corrected chi connectivity index (χ3v) is 3.53. The van der Waals surface area contributed by atoms with E-state index in [1.54, 1.807) is 6.92 Å². The van der Waals surface area contributed by atoms with Gasteiger partial charge in [0.25, 0.3) is 0 Å². The Morgan fingerprint density at radius 3 is 2.19 bits per heavy atom. The van der Waals surface area contributed by atoms with E-state index in [4.69, 9.17) is 0 Å². The van der Waals surface area contributed by atoms with Gasteiger partial charge in [0.15, 0.2) is 0 Å². The van der Waals surface area contributed by atoms with E-state index in [-0.39, 0.29) is 5.41 Å². The molecule has 0 radical (unpaired) electrons. The van der Waals surface area contributed by atoms with Crippen LogP contribution in [0.2, 0.25) is 0 Å². The molecule has 0 aromatic carbocycles. The van der Waals surface area contributed by atoms with Crippen molar-refractivity contribution in [2.24, 2.45) is 5.41 Å². The fraction of sp³-hybridized carbons (Fsp3) is 0.667. The lowest BCUT2D eigenvalue weighted by Crippen LogP contribution is -2.10. The minimum Gasteiger partial charge on any atom is -0.299 e. The zero-order valence-corrected chi connectivity index (χ0v) is 11.1. The van der Waals surface area contributed by atoms with Gasteiger partial charge in [0, 0.05) is 5.41 Å². The Morgan fingerprint density at radius 1 is 1.12 bits per heavy atom. The maximum Gasteiger partial charge on any atom is 0.136 e. The summed E-state index contributed by atoms with van der Waals surface area (Å²) in [5.74, 6) is 0.376. The van der Waals surface area contributed by atoms with Gasteiger partial charge in [-0.3, -0.25) is 4.79 Å². The number of hydrogen-bond acceptors (Lipinski definition) is 1. The highest BCUT2D eigenvalue weighted by atomic mass is 16.1. The van der Waals surface area contributed by atoms with Crippen LogP contribution in [0.25, 0.3) is 0 Å². The molecule has 16 heavy (non-hydrogen) atoms. The molecule has 0 bridgehead atoms. The number of carbonyl (C=O) groups is 1. The van der Waals surface area contributed by atoms with Crippen LogP contribution in [-0.4, -0.2) is 5.78 Å². The van der Waals surface area contributed by atoms with Crippen molar-refractivity contribution in [1.82, 2.24) is 0 Å². The van der Waals surface area contributed by atoms with E-state index in [9.17, 15) is 4.79 Å². The van der Waals surface area contributed by atoms with Crippen LogP contribution in [0.15, 0.2) is 23.3 Å². The first kappa shape index (κ1) is 13.2. The van der Waals surface area contributed by atoms with Crippen molar-refractivity contribution in [3.63, 3.8) is 0 Å². The quantitative estimate of drug-likeness (QED) is 0.605. The number of rotatable bonds is 6. The Hall–Kier alpha value is -0.850. The van der Waals surface area contributed by atoms with E-state index >= 15 is 0 Å². The summed E-state index contributed by atoms with van der Waals surface area (Å²) in [5, 5.41) is 0. The molecule has 0 atom stereocenters. The second-order valence-corrected chi connectivity index (χ2v) is 5.41. The van der Waals surface area contributed by atoms with Gasteiger partial charge in [0.1, 0.15) is 5.78 Å². The zero-order chi connectivity index (χ0) is 12.2. The van der Waals surface area contributed by atoms with E-state index < -0.39 is 0 Å². The normalized spacial score (nSPS) is 18.1. The summed E-state index contributed by atoms with van der Waals surface area (Å²) < 4.78 is 0. The van der Waals surface area contributed by atoms with E-state index in [0.29, 0.717) is 5.78 Å². The molecule has 0 aromatic heterocycles. The molecule has 1 heteroatoms. The highest BCUT2D eigenvalue weighted by Crippen LogP contribution is 2.50. The maximum atomic E-state index is 11.4. The molecule has 1 fully saturated rings. The van der Waals surface area contributed by atoms with Crippen LogP contribution in [-0.2, 0) is 4.79 Å². The summed E-state index contributed by atoms with van der Waals surface area (Å²) in [4.78, 5) is 11.4. The van der Waals surface area contributed by atoms with Crippen molar-refractivity contribution in [2.45, 2.75) is 59.8 Å². The standard InChI is InChI=1S/C15H24O/c1-12(2)6-5-7-13(3)8-9-15(10-11-15)14(4)16/h6,8H,5,7,9-11H2,1-4H3. The second kappa shape index (κ2) is 5.47. The highest BCUT2D eigenvalue weighted by molar-refractivity contribution is 5.85. The van der Waals surface area contributed by atoms with Crippen molar-refractivity contribution in [2.75, 3.05) is 0 Å². The lowest BCUT2D eigenvalue weighted by Gasteiger charge is -2.08. The predicted octanol–water partition coefficient (Wildman–Crippen LogP) is 4.44. The number of allylic oxidation sites excluding steroid dienone is 4.